The number of aryl methyl sites for hydroxylation is 2. The summed E-state index contributed by atoms with van der Waals surface area (Å²) in [5, 5.41) is 5.66. The first kappa shape index (κ1) is 9.15. The van der Waals surface area contributed by atoms with Crippen LogP contribution in [0.5, 0.6) is 0 Å². The number of H-pyrrole nitrogens is 1. The van der Waals surface area contributed by atoms with Gasteiger partial charge in [0.05, 0.1) is 16.6 Å². The van der Waals surface area contributed by atoms with Crippen LogP contribution < -0.4 is 5.43 Å². The van der Waals surface area contributed by atoms with Gasteiger partial charge in [-0.15, -0.1) is 0 Å². The predicted octanol–water partition coefficient (Wildman–Crippen LogP) is 1.72. The summed E-state index contributed by atoms with van der Waals surface area (Å²) in [7, 11) is 1.83. The maximum atomic E-state index is 12.2. The molecule has 0 aliphatic carbocycles. The van der Waals surface area contributed by atoms with Crippen LogP contribution in [0.25, 0.3) is 21.9 Å². The highest BCUT2D eigenvalue weighted by molar-refractivity contribution is 5.92. The van der Waals surface area contributed by atoms with Crippen LogP contribution in [0.4, 0.5) is 0 Å². The first-order valence-electron chi connectivity index (χ1n) is 5.13. The Labute approximate surface area is 91.5 Å². The molecule has 2 heterocycles. The van der Waals surface area contributed by atoms with E-state index < -0.39 is 0 Å². The van der Waals surface area contributed by atoms with Crippen LogP contribution in [0, 0.1) is 6.92 Å². The van der Waals surface area contributed by atoms with E-state index in [1.54, 1.807) is 4.68 Å². The van der Waals surface area contributed by atoms with Crippen LogP contribution in [0.1, 0.15) is 5.69 Å². The smallest absolute Gasteiger partial charge is 0.200 e. The van der Waals surface area contributed by atoms with Crippen molar-refractivity contribution in [2.75, 3.05) is 0 Å². The van der Waals surface area contributed by atoms with Crippen LogP contribution in [-0.4, -0.2) is 14.8 Å². The maximum Gasteiger partial charge on any atom is 0.200 e. The lowest BCUT2D eigenvalue weighted by molar-refractivity contribution is 0.775. The SMILES string of the molecule is Cc1nn(C)c2[nH]c3ccccc3c(=O)c12. The zero-order valence-corrected chi connectivity index (χ0v) is 9.11. The number of rotatable bonds is 0. The van der Waals surface area contributed by atoms with Crippen LogP contribution in [0.2, 0.25) is 0 Å². The van der Waals surface area contributed by atoms with Gasteiger partial charge in [-0.2, -0.15) is 5.10 Å². The van der Waals surface area contributed by atoms with E-state index in [1.165, 1.54) is 0 Å². The normalized spacial score (nSPS) is 11.4. The predicted molar refractivity (Wildman–Crippen MR) is 63.6 cm³/mol. The maximum absolute atomic E-state index is 12.2. The molecule has 1 aromatic carbocycles. The lowest BCUT2D eigenvalue weighted by atomic mass is 10.1. The highest BCUT2D eigenvalue weighted by Gasteiger charge is 2.11. The number of aromatic nitrogens is 3. The van der Waals surface area contributed by atoms with Crippen molar-refractivity contribution in [2.45, 2.75) is 6.92 Å². The molecular formula is C12H11N3O. The monoisotopic (exact) mass is 213 g/mol. The molecule has 0 radical (unpaired) electrons. The Bertz CT molecular complexity index is 752. The minimum Gasteiger partial charge on any atom is -0.339 e. The molecule has 80 valence electrons. The van der Waals surface area contributed by atoms with Gasteiger partial charge >= 0.3 is 0 Å². The van der Waals surface area contributed by atoms with Gasteiger partial charge in [0.2, 0.25) is 5.43 Å². The van der Waals surface area contributed by atoms with Crippen molar-refractivity contribution >= 4 is 21.9 Å². The molecule has 0 aliphatic heterocycles. The number of nitrogens with zero attached hydrogens (tertiary/aromatic N) is 2. The third-order valence-electron chi connectivity index (χ3n) is 2.87. The summed E-state index contributed by atoms with van der Waals surface area (Å²) in [5.41, 5.74) is 2.45. The molecule has 0 saturated carbocycles. The fraction of sp³-hybridized carbons (Fsp3) is 0.167. The Morgan fingerprint density at radius 2 is 2.06 bits per heavy atom. The van der Waals surface area contributed by atoms with Crippen molar-refractivity contribution < 1.29 is 0 Å². The number of pyridine rings is 1. The largest absolute Gasteiger partial charge is 0.339 e. The Balaban J connectivity index is 2.69. The molecule has 4 heteroatoms. The molecule has 0 atom stereocenters. The van der Waals surface area contributed by atoms with Crippen molar-refractivity contribution in [2.24, 2.45) is 7.05 Å². The third-order valence-corrected chi connectivity index (χ3v) is 2.87. The summed E-state index contributed by atoms with van der Waals surface area (Å²) < 4.78 is 1.71. The zero-order valence-electron chi connectivity index (χ0n) is 9.11. The highest BCUT2D eigenvalue weighted by atomic mass is 16.1. The Morgan fingerprint density at radius 1 is 1.31 bits per heavy atom. The first-order valence-corrected chi connectivity index (χ1v) is 5.13. The standard InChI is InChI=1S/C12H11N3O/c1-7-10-11(16)8-5-3-4-6-9(8)13-12(10)15(2)14-7/h3-6H,1-2H3,(H,13,16). The molecule has 0 amide bonds. The third kappa shape index (κ3) is 1.04. The van der Waals surface area contributed by atoms with Crippen molar-refractivity contribution in [3.8, 4) is 0 Å². The molecule has 3 aromatic rings. The molecule has 1 N–H and O–H groups in total. The van der Waals surface area contributed by atoms with Gasteiger partial charge in [-0.25, -0.2) is 0 Å². The van der Waals surface area contributed by atoms with Crippen molar-refractivity contribution in [1.82, 2.24) is 14.8 Å². The minimum atomic E-state index is 0.0509. The van der Waals surface area contributed by atoms with Crippen LogP contribution in [-0.2, 0) is 7.05 Å². The molecule has 0 spiro atoms. The molecule has 0 bridgehead atoms. The molecular weight excluding hydrogens is 202 g/mol. The van der Waals surface area contributed by atoms with E-state index in [2.05, 4.69) is 10.1 Å². The number of para-hydroxylation sites is 1. The van der Waals surface area contributed by atoms with Gasteiger partial charge in [0.1, 0.15) is 5.65 Å². The number of benzene rings is 1. The molecule has 2 aromatic heterocycles. The molecule has 0 saturated heterocycles. The topological polar surface area (TPSA) is 50.7 Å². The quantitative estimate of drug-likeness (QED) is 0.618. The van der Waals surface area contributed by atoms with E-state index in [1.807, 2.05) is 38.2 Å². The number of fused-ring (bicyclic) bond motifs is 2. The average molecular weight is 213 g/mol. The van der Waals surface area contributed by atoms with Gasteiger partial charge in [0.25, 0.3) is 0 Å². The molecule has 0 aliphatic rings. The summed E-state index contributed by atoms with van der Waals surface area (Å²) in [5.74, 6) is 0. The summed E-state index contributed by atoms with van der Waals surface area (Å²) in [6.45, 7) is 1.85. The van der Waals surface area contributed by atoms with Gasteiger partial charge < -0.3 is 4.98 Å². The van der Waals surface area contributed by atoms with E-state index in [9.17, 15) is 4.79 Å². The second-order valence-corrected chi connectivity index (χ2v) is 3.93. The van der Waals surface area contributed by atoms with E-state index in [-0.39, 0.29) is 5.43 Å². The Morgan fingerprint density at radius 3 is 2.88 bits per heavy atom. The van der Waals surface area contributed by atoms with E-state index >= 15 is 0 Å². The summed E-state index contributed by atoms with van der Waals surface area (Å²) in [4.78, 5) is 15.5. The second kappa shape index (κ2) is 2.95. The van der Waals surface area contributed by atoms with E-state index in [0.29, 0.717) is 10.8 Å². The van der Waals surface area contributed by atoms with Gasteiger partial charge in [-0.05, 0) is 19.1 Å². The molecule has 4 nitrogen and oxygen atoms in total. The van der Waals surface area contributed by atoms with Crippen molar-refractivity contribution in [1.29, 1.82) is 0 Å². The van der Waals surface area contributed by atoms with Crippen LogP contribution in [0.15, 0.2) is 29.1 Å². The zero-order chi connectivity index (χ0) is 11.3. The molecule has 0 unspecified atom stereocenters. The lowest BCUT2D eigenvalue weighted by Gasteiger charge is -1.99. The molecule has 0 fully saturated rings. The number of hydrogen-bond donors (Lipinski definition) is 1. The van der Waals surface area contributed by atoms with Gasteiger partial charge in [0, 0.05) is 12.4 Å². The van der Waals surface area contributed by atoms with Crippen molar-refractivity contribution in [3.05, 3.63) is 40.2 Å². The number of hydrogen-bond acceptors (Lipinski definition) is 2. The second-order valence-electron chi connectivity index (χ2n) is 3.93. The first-order chi connectivity index (χ1) is 7.68. The summed E-state index contributed by atoms with van der Waals surface area (Å²) >= 11 is 0. The van der Waals surface area contributed by atoms with E-state index in [0.717, 1.165) is 16.9 Å². The number of aromatic amines is 1. The molecule has 16 heavy (non-hydrogen) atoms. The lowest BCUT2D eigenvalue weighted by Crippen LogP contribution is -2.04. The fourth-order valence-corrected chi connectivity index (χ4v) is 2.13. The Kier molecular flexibility index (Phi) is 1.68. The summed E-state index contributed by atoms with van der Waals surface area (Å²) in [6, 6.07) is 7.51. The number of nitrogens with one attached hydrogen (secondary N) is 1. The summed E-state index contributed by atoms with van der Waals surface area (Å²) in [6.07, 6.45) is 0. The Hall–Kier alpha value is -2.10. The van der Waals surface area contributed by atoms with Crippen molar-refractivity contribution in [3.63, 3.8) is 0 Å². The highest BCUT2D eigenvalue weighted by Crippen LogP contribution is 2.16. The average Bonchev–Trinajstić information content (AvgIpc) is 2.55. The fourth-order valence-electron chi connectivity index (χ4n) is 2.13. The molecule has 3 rings (SSSR count). The minimum absolute atomic E-state index is 0.0509. The van der Waals surface area contributed by atoms with Crippen LogP contribution >= 0.6 is 0 Å². The van der Waals surface area contributed by atoms with Gasteiger partial charge in [0.15, 0.2) is 0 Å². The van der Waals surface area contributed by atoms with Crippen LogP contribution in [0.3, 0.4) is 0 Å². The van der Waals surface area contributed by atoms with E-state index in [4.69, 9.17) is 0 Å². The van der Waals surface area contributed by atoms with Gasteiger partial charge in [-0.3, -0.25) is 9.48 Å². The van der Waals surface area contributed by atoms with Gasteiger partial charge in [-0.1, -0.05) is 12.1 Å².